The molecule has 0 aromatic heterocycles. The van der Waals surface area contributed by atoms with Gasteiger partial charge in [-0.2, -0.15) is 0 Å². The first-order valence-electron chi connectivity index (χ1n) is 11.0. The van der Waals surface area contributed by atoms with Crippen LogP contribution in [0.1, 0.15) is 74.1 Å². The number of aliphatic hydroxyl groups is 1. The number of ether oxygens (including phenoxy) is 3. The molecule has 0 aromatic rings. The molecular weight excluding hydrogens is 404 g/mol. The smallest absolute Gasteiger partial charge is 0.340 e. The lowest BCUT2D eigenvalue weighted by Crippen LogP contribution is -2.55. The molecule has 0 amide bonds. The van der Waals surface area contributed by atoms with Crippen LogP contribution in [-0.4, -0.2) is 54.2 Å². The predicted molar refractivity (Wildman–Crippen MR) is 115 cm³/mol. The van der Waals surface area contributed by atoms with E-state index in [4.69, 9.17) is 14.2 Å². The molecule has 8 heteroatoms. The van der Waals surface area contributed by atoms with Gasteiger partial charge in [0.15, 0.2) is 11.5 Å². The fourth-order valence-electron chi connectivity index (χ4n) is 2.66. The highest BCUT2D eigenvalue weighted by atomic mass is 16.6. The predicted octanol–water partition coefficient (Wildman–Crippen LogP) is 3.08. The molecule has 0 fully saturated rings. The van der Waals surface area contributed by atoms with E-state index in [0.29, 0.717) is 19.3 Å². The Balaban J connectivity index is 5.59. The van der Waals surface area contributed by atoms with Crippen molar-refractivity contribution in [1.29, 1.82) is 0 Å². The average Bonchev–Trinajstić information content (AvgIpc) is 2.60. The Bertz CT molecular complexity index is 596. The van der Waals surface area contributed by atoms with Gasteiger partial charge in [-0.15, -0.1) is 0 Å². The SMILES string of the molecule is CC(=O)C(C(=O)OCCC(C)C)C(O)(CC(=O)OCCC(C)C)C(=O)OCCC(C)C. The number of carbonyl (C=O) groups is 4. The average molecular weight is 445 g/mol. The minimum absolute atomic E-state index is 0.0196. The molecule has 0 heterocycles. The summed E-state index contributed by atoms with van der Waals surface area (Å²) < 4.78 is 15.4. The molecule has 2 atom stereocenters. The molecule has 180 valence electrons. The third-order valence-electron chi connectivity index (χ3n) is 4.71. The minimum Gasteiger partial charge on any atom is -0.466 e. The fraction of sp³-hybridized carbons (Fsp3) is 0.826. The van der Waals surface area contributed by atoms with Crippen LogP contribution in [0.5, 0.6) is 0 Å². The first kappa shape index (κ1) is 29.0. The normalized spacial score (nSPS) is 14.3. The summed E-state index contributed by atoms with van der Waals surface area (Å²) in [6.45, 7) is 12.8. The summed E-state index contributed by atoms with van der Waals surface area (Å²) in [5.41, 5.74) is -2.70. The van der Waals surface area contributed by atoms with E-state index in [1.807, 2.05) is 41.5 Å². The molecule has 31 heavy (non-hydrogen) atoms. The zero-order valence-corrected chi connectivity index (χ0v) is 20.1. The quantitative estimate of drug-likeness (QED) is 0.233. The molecular formula is C23H40O8. The maximum Gasteiger partial charge on any atom is 0.340 e. The van der Waals surface area contributed by atoms with Gasteiger partial charge in [0.05, 0.1) is 26.2 Å². The van der Waals surface area contributed by atoms with E-state index >= 15 is 0 Å². The van der Waals surface area contributed by atoms with E-state index in [9.17, 15) is 24.3 Å². The molecule has 8 nitrogen and oxygen atoms in total. The number of carbonyl (C=O) groups excluding carboxylic acids is 4. The van der Waals surface area contributed by atoms with Crippen LogP contribution in [0.3, 0.4) is 0 Å². The molecule has 0 aliphatic carbocycles. The topological polar surface area (TPSA) is 116 Å². The van der Waals surface area contributed by atoms with Gasteiger partial charge in [-0.05, 0) is 43.9 Å². The van der Waals surface area contributed by atoms with Crippen LogP contribution in [0.2, 0.25) is 0 Å². The number of hydrogen-bond donors (Lipinski definition) is 1. The van der Waals surface area contributed by atoms with Crippen LogP contribution < -0.4 is 0 Å². The molecule has 0 aliphatic heterocycles. The van der Waals surface area contributed by atoms with Gasteiger partial charge in [-0.25, -0.2) is 4.79 Å². The number of hydrogen-bond acceptors (Lipinski definition) is 8. The number of rotatable bonds is 15. The van der Waals surface area contributed by atoms with Crippen molar-refractivity contribution in [3.05, 3.63) is 0 Å². The Labute approximate surface area is 186 Å². The van der Waals surface area contributed by atoms with Crippen molar-refractivity contribution in [2.75, 3.05) is 19.8 Å². The highest BCUT2D eigenvalue weighted by Gasteiger charge is 2.54. The fourth-order valence-corrected chi connectivity index (χ4v) is 2.66. The lowest BCUT2D eigenvalue weighted by atomic mass is 9.81. The van der Waals surface area contributed by atoms with Crippen molar-refractivity contribution >= 4 is 23.7 Å². The maximum absolute atomic E-state index is 12.8. The third-order valence-corrected chi connectivity index (χ3v) is 4.71. The largest absolute Gasteiger partial charge is 0.466 e. The number of Topliss-reactive ketones (excluding diaryl/α,β-unsaturated/α-hetero) is 1. The number of ketones is 1. The highest BCUT2D eigenvalue weighted by Crippen LogP contribution is 2.28. The first-order chi connectivity index (χ1) is 14.3. The molecule has 0 aliphatic rings. The van der Waals surface area contributed by atoms with Crippen molar-refractivity contribution in [3.8, 4) is 0 Å². The zero-order chi connectivity index (χ0) is 24.2. The van der Waals surface area contributed by atoms with Crippen molar-refractivity contribution in [2.45, 2.75) is 79.8 Å². The van der Waals surface area contributed by atoms with Crippen molar-refractivity contribution in [2.24, 2.45) is 23.7 Å². The Morgan fingerprint density at radius 3 is 1.58 bits per heavy atom. The van der Waals surface area contributed by atoms with E-state index in [-0.39, 0.29) is 37.6 Å². The van der Waals surface area contributed by atoms with Crippen LogP contribution in [0, 0.1) is 23.7 Å². The lowest BCUT2D eigenvalue weighted by molar-refractivity contribution is -0.187. The van der Waals surface area contributed by atoms with Gasteiger partial charge in [-0.3, -0.25) is 14.4 Å². The maximum atomic E-state index is 12.8. The Hall–Kier alpha value is -1.96. The van der Waals surface area contributed by atoms with Gasteiger partial charge in [-0.1, -0.05) is 41.5 Å². The van der Waals surface area contributed by atoms with E-state index in [0.717, 1.165) is 6.92 Å². The van der Waals surface area contributed by atoms with Gasteiger partial charge in [0.25, 0.3) is 0 Å². The summed E-state index contributed by atoms with van der Waals surface area (Å²) in [6.07, 6.45) is 0.778. The third kappa shape index (κ3) is 11.3. The molecule has 1 N–H and O–H groups in total. The highest BCUT2D eigenvalue weighted by molar-refractivity contribution is 6.05. The van der Waals surface area contributed by atoms with Crippen LogP contribution in [0.25, 0.3) is 0 Å². The van der Waals surface area contributed by atoms with Gasteiger partial charge in [0, 0.05) is 0 Å². The second kappa shape index (κ2) is 14.2. The lowest BCUT2D eigenvalue weighted by Gasteiger charge is -2.30. The van der Waals surface area contributed by atoms with Crippen LogP contribution in [-0.2, 0) is 33.4 Å². The van der Waals surface area contributed by atoms with Gasteiger partial charge in [0.1, 0.15) is 5.78 Å². The van der Waals surface area contributed by atoms with E-state index in [1.54, 1.807) is 0 Å². The summed E-state index contributed by atoms with van der Waals surface area (Å²) in [5.74, 6) is -5.09. The molecule has 0 saturated heterocycles. The molecule has 0 aromatic carbocycles. The first-order valence-corrected chi connectivity index (χ1v) is 11.0. The molecule has 0 radical (unpaired) electrons. The van der Waals surface area contributed by atoms with Crippen LogP contribution in [0.15, 0.2) is 0 Å². The van der Waals surface area contributed by atoms with Gasteiger partial charge < -0.3 is 19.3 Å². The summed E-state index contributed by atoms with van der Waals surface area (Å²) in [4.78, 5) is 50.0. The zero-order valence-electron chi connectivity index (χ0n) is 20.1. The second-order valence-corrected chi connectivity index (χ2v) is 9.22. The Morgan fingerprint density at radius 1 is 0.742 bits per heavy atom. The van der Waals surface area contributed by atoms with Crippen molar-refractivity contribution in [3.63, 3.8) is 0 Å². The van der Waals surface area contributed by atoms with Gasteiger partial charge >= 0.3 is 17.9 Å². The molecule has 0 spiro atoms. The molecule has 0 rings (SSSR count). The summed E-state index contributed by atoms with van der Waals surface area (Å²) >= 11 is 0. The van der Waals surface area contributed by atoms with Gasteiger partial charge in [0.2, 0.25) is 0 Å². The number of esters is 3. The standard InChI is InChI=1S/C23H40O8/c1-15(2)8-11-29-19(25)14-23(28,22(27)31-13-10-17(5)6)20(18(7)24)21(26)30-12-9-16(3)4/h15-17,20,28H,8-14H2,1-7H3. The van der Waals surface area contributed by atoms with E-state index < -0.39 is 41.6 Å². The molecule has 2 unspecified atom stereocenters. The van der Waals surface area contributed by atoms with Crippen LogP contribution in [0.4, 0.5) is 0 Å². The summed E-state index contributed by atoms with van der Waals surface area (Å²) in [7, 11) is 0. The second-order valence-electron chi connectivity index (χ2n) is 9.22. The Morgan fingerprint density at radius 2 is 1.16 bits per heavy atom. The summed E-state index contributed by atoms with van der Waals surface area (Å²) in [6, 6.07) is 0. The van der Waals surface area contributed by atoms with Crippen LogP contribution >= 0.6 is 0 Å². The minimum atomic E-state index is -2.70. The van der Waals surface area contributed by atoms with Crippen molar-refractivity contribution in [1.82, 2.24) is 0 Å². The Kier molecular flexibility index (Phi) is 13.3. The molecule has 0 bridgehead atoms. The van der Waals surface area contributed by atoms with E-state index in [2.05, 4.69) is 0 Å². The van der Waals surface area contributed by atoms with Crippen molar-refractivity contribution < 1.29 is 38.5 Å². The monoisotopic (exact) mass is 444 g/mol. The van der Waals surface area contributed by atoms with E-state index in [1.165, 1.54) is 0 Å². The summed E-state index contributed by atoms with van der Waals surface area (Å²) in [5, 5.41) is 11.1. The molecule has 0 saturated carbocycles.